The van der Waals surface area contributed by atoms with Crippen molar-refractivity contribution in [3.8, 4) is 0 Å². The van der Waals surface area contributed by atoms with Gasteiger partial charge < -0.3 is 20.5 Å². The number of aromatic nitrogens is 2. The van der Waals surface area contributed by atoms with Gasteiger partial charge in [-0.25, -0.2) is 4.98 Å². The molecule has 0 radical (unpaired) electrons. The van der Waals surface area contributed by atoms with Crippen molar-refractivity contribution in [3.05, 3.63) is 48.5 Å². The van der Waals surface area contributed by atoms with Gasteiger partial charge in [-0.2, -0.15) is 0 Å². The van der Waals surface area contributed by atoms with E-state index >= 15 is 0 Å². The Labute approximate surface area is 147 Å². The quantitative estimate of drug-likeness (QED) is 0.423. The normalized spacial score (nSPS) is 16.9. The Bertz CT molecular complexity index is 725. The first-order valence-electron chi connectivity index (χ1n) is 8.55. The number of hydrogen-bond donors (Lipinski definition) is 3. The van der Waals surface area contributed by atoms with E-state index in [1.54, 1.807) is 13.2 Å². The molecule has 0 fully saturated rings. The van der Waals surface area contributed by atoms with Crippen molar-refractivity contribution < 1.29 is 4.79 Å². The number of nitrogens with one attached hydrogen (secondary N) is 3. The second-order valence-electron chi connectivity index (χ2n) is 6.07. The number of aryl methyl sites for hydroxylation is 1. The van der Waals surface area contributed by atoms with Crippen molar-refractivity contribution in [3.63, 3.8) is 0 Å². The van der Waals surface area contributed by atoms with Gasteiger partial charge in [0, 0.05) is 57.1 Å². The Morgan fingerprint density at radius 2 is 2.28 bits per heavy atom. The van der Waals surface area contributed by atoms with E-state index in [0.717, 1.165) is 31.2 Å². The number of carbonyl (C=O) groups is 1. The zero-order valence-electron chi connectivity index (χ0n) is 14.4. The third-order valence-electron chi connectivity index (χ3n) is 4.29. The van der Waals surface area contributed by atoms with E-state index in [9.17, 15) is 4.79 Å². The molecule has 1 amide bonds. The van der Waals surface area contributed by atoms with Crippen LogP contribution in [0.25, 0.3) is 0 Å². The lowest BCUT2D eigenvalue weighted by Crippen LogP contribution is -2.41. The van der Waals surface area contributed by atoms with Crippen LogP contribution in [0.3, 0.4) is 0 Å². The molecule has 0 spiro atoms. The van der Waals surface area contributed by atoms with Crippen LogP contribution in [0.15, 0.2) is 48.0 Å². The van der Waals surface area contributed by atoms with Crippen LogP contribution < -0.4 is 16.0 Å². The van der Waals surface area contributed by atoms with Gasteiger partial charge in [0.15, 0.2) is 5.96 Å². The van der Waals surface area contributed by atoms with E-state index in [0.29, 0.717) is 13.0 Å². The number of rotatable bonds is 6. The molecule has 2 aromatic rings. The molecule has 3 rings (SSSR count). The summed E-state index contributed by atoms with van der Waals surface area (Å²) >= 11 is 0. The molecule has 2 heterocycles. The fraction of sp³-hybridized carbons (Fsp3) is 0.389. The number of imidazole rings is 1. The van der Waals surface area contributed by atoms with Gasteiger partial charge >= 0.3 is 0 Å². The van der Waals surface area contributed by atoms with E-state index < -0.39 is 0 Å². The number of fused-ring (bicyclic) bond motifs is 1. The van der Waals surface area contributed by atoms with Crippen molar-refractivity contribution in [2.45, 2.75) is 25.3 Å². The Balaban J connectivity index is 1.47. The topological polar surface area (TPSA) is 83.3 Å². The van der Waals surface area contributed by atoms with Gasteiger partial charge in [-0.3, -0.25) is 9.79 Å². The number of para-hydroxylation sites is 1. The van der Waals surface area contributed by atoms with Crippen molar-refractivity contribution in [2.75, 3.05) is 25.5 Å². The summed E-state index contributed by atoms with van der Waals surface area (Å²) in [6.07, 6.45) is 7.02. The molecule has 1 aliphatic rings. The van der Waals surface area contributed by atoms with Crippen molar-refractivity contribution in [1.82, 2.24) is 20.2 Å². The molecule has 1 aromatic heterocycles. The van der Waals surface area contributed by atoms with E-state index in [4.69, 9.17) is 0 Å². The molecular weight excluding hydrogens is 316 g/mol. The van der Waals surface area contributed by atoms with Gasteiger partial charge in [-0.15, -0.1) is 0 Å². The first-order valence-corrected chi connectivity index (χ1v) is 8.55. The number of benzene rings is 1. The van der Waals surface area contributed by atoms with Crippen molar-refractivity contribution in [2.24, 2.45) is 4.99 Å². The van der Waals surface area contributed by atoms with Crippen LogP contribution in [0.5, 0.6) is 0 Å². The molecule has 1 aliphatic heterocycles. The van der Waals surface area contributed by atoms with Crippen LogP contribution >= 0.6 is 0 Å². The second kappa shape index (κ2) is 8.32. The molecular formula is C18H24N6O. The summed E-state index contributed by atoms with van der Waals surface area (Å²) in [7, 11) is 1.76. The lowest BCUT2D eigenvalue weighted by molar-refractivity contribution is -0.116. The van der Waals surface area contributed by atoms with Crippen LogP contribution in [0.4, 0.5) is 5.69 Å². The third-order valence-corrected chi connectivity index (χ3v) is 4.29. The molecule has 132 valence electrons. The number of anilines is 1. The summed E-state index contributed by atoms with van der Waals surface area (Å²) in [4.78, 5) is 20.2. The lowest BCUT2D eigenvalue weighted by Gasteiger charge is -2.26. The number of carbonyl (C=O) groups excluding carboxylic acids is 1. The number of hydrogen-bond acceptors (Lipinski definition) is 3. The molecule has 0 saturated heterocycles. The average Bonchev–Trinajstić information content (AvgIpc) is 3.14. The van der Waals surface area contributed by atoms with Gasteiger partial charge in [0.2, 0.25) is 5.91 Å². The zero-order chi connectivity index (χ0) is 17.5. The fourth-order valence-corrected chi connectivity index (χ4v) is 3.01. The molecule has 7 heteroatoms. The van der Waals surface area contributed by atoms with Gasteiger partial charge in [0.05, 0.1) is 6.33 Å². The predicted molar refractivity (Wildman–Crippen MR) is 98.6 cm³/mol. The molecule has 1 atom stereocenters. The molecule has 3 N–H and O–H groups in total. The highest BCUT2D eigenvalue weighted by Crippen LogP contribution is 2.31. The molecule has 25 heavy (non-hydrogen) atoms. The van der Waals surface area contributed by atoms with Crippen LogP contribution in [0.2, 0.25) is 0 Å². The Morgan fingerprint density at radius 3 is 3.08 bits per heavy atom. The Morgan fingerprint density at radius 1 is 1.40 bits per heavy atom. The van der Waals surface area contributed by atoms with E-state index in [2.05, 4.69) is 36.6 Å². The average molecular weight is 340 g/mol. The van der Waals surface area contributed by atoms with Crippen molar-refractivity contribution >= 4 is 17.6 Å². The second-order valence-corrected chi connectivity index (χ2v) is 6.07. The lowest BCUT2D eigenvalue weighted by atomic mass is 9.90. The summed E-state index contributed by atoms with van der Waals surface area (Å²) in [5.41, 5.74) is 2.08. The SMILES string of the molecule is CN=C(NCCCn1ccnc1)NCC1CC(=O)Nc2ccccc21. The minimum atomic E-state index is 0.0637. The van der Waals surface area contributed by atoms with Crippen LogP contribution in [-0.4, -0.2) is 41.6 Å². The summed E-state index contributed by atoms with van der Waals surface area (Å²) in [5.74, 6) is 0.970. The third kappa shape index (κ3) is 4.59. The highest BCUT2D eigenvalue weighted by molar-refractivity contribution is 5.94. The largest absolute Gasteiger partial charge is 0.356 e. The van der Waals surface area contributed by atoms with Crippen molar-refractivity contribution in [1.29, 1.82) is 0 Å². The smallest absolute Gasteiger partial charge is 0.225 e. The molecule has 0 bridgehead atoms. The number of amides is 1. The zero-order valence-corrected chi connectivity index (χ0v) is 14.4. The van der Waals surface area contributed by atoms with E-state index in [1.165, 1.54) is 5.56 Å². The molecule has 0 saturated carbocycles. The summed E-state index contributed by atoms with van der Waals surface area (Å²) in [6.45, 7) is 2.41. The van der Waals surface area contributed by atoms with Crippen LogP contribution in [0.1, 0.15) is 24.3 Å². The number of nitrogens with zero attached hydrogens (tertiary/aromatic N) is 3. The maximum absolute atomic E-state index is 11.9. The molecule has 1 unspecified atom stereocenters. The predicted octanol–water partition coefficient (Wildman–Crippen LogP) is 1.56. The Kier molecular flexibility index (Phi) is 5.66. The number of guanidine groups is 1. The standard InChI is InChI=1S/C18H24N6O/c1-19-18(21-7-4-9-24-10-8-20-13-24)22-12-14-11-17(25)23-16-6-3-2-5-15(14)16/h2-3,5-6,8,10,13-14H,4,7,9,11-12H2,1H3,(H,23,25)(H2,19,21,22). The Hall–Kier alpha value is -2.83. The maximum Gasteiger partial charge on any atom is 0.225 e. The van der Waals surface area contributed by atoms with Crippen LogP contribution in [0, 0.1) is 0 Å². The highest BCUT2D eigenvalue weighted by Gasteiger charge is 2.24. The molecule has 0 aliphatic carbocycles. The van der Waals surface area contributed by atoms with E-state index in [1.807, 2.05) is 30.7 Å². The summed E-state index contributed by atoms with van der Waals surface area (Å²) in [6, 6.07) is 7.97. The van der Waals surface area contributed by atoms with Gasteiger partial charge in [0.1, 0.15) is 0 Å². The monoisotopic (exact) mass is 340 g/mol. The summed E-state index contributed by atoms with van der Waals surface area (Å²) < 4.78 is 2.05. The highest BCUT2D eigenvalue weighted by atomic mass is 16.1. The fourth-order valence-electron chi connectivity index (χ4n) is 3.01. The first kappa shape index (κ1) is 17.0. The van der Waals surface area contributed by atoms with Gasteiger partial charge in [-0.05, 0) is 18.1 Å². The minimum absolute atomic E-state index is 0.0637. The minimum Gasteiger partial charge on any atom is -0.356 e. The molecule has 1 aromatic carbocycles. The van der Waals surface area contributed by atoms with Crippen LogP contribution in [-0.2, 0) is 11.3 Å². The van der Waals surface area contributed by atoms with Gasteiger partial charge in [-0.1, -0.05) is 18.2 Å². The van der Waals surface area contributed by atoms with E-state index in [-0.39, 0.29) is 11.8 Å². The maximum atomic E-state index is 11.9. The van der Waals surface area contributed by atoms with Gasteiger partial charge in [0.25, 0.3) is 0 Å². The molecule has 7 nitrogen and oxygen atoms in total. The number of aliphatic imine (C=N–C) groups is 1. The summed E-state index contributed by atoms with van der Waals surface area (Å²) in [5, 5.41) is 9.57. The first-order chi connectivity index (χ1) is 12.3.